The van der Waals surface area contributed by atoms with E-state index < -0.39 is 0 Å². The number of phenols is 1. The van der Waals surface area contributed by atoms with E-state index in [4.69, 9.17) is 10.7 Å². The van der Waals surface area contributed by atoms with Gasteiger partial charge in [-0.15, -0.1) is 0 Å². The van der Waals surface area contributed by atoms with Crippen LogP contribution in [0.5, 0.6) is 5.75 Å². The zero-order valence-electron chi connectivity index (χ0n) is 12.3. The first kappa shape index (κ1) is 13.5. The minimum Gasteiger partial charge on any atom is -0.508 e. The first-order valence-electron chi connectivity index (χ1n) is 7.34. The molecule has 2 aromatic heterocycles. The van der Waals surface area contributed by atoms with Gasteiger partial charge in [-0.1, -0.05) is 6.08 Å². The summed E-state index contributed by atoms with van der Waals surface area (Å²) in [5.74, 6) is 0.759. The lowest BCUT2D eigenvalue weighted by atomic mass is 9.98. The van der Waals surface area contributed by atoms with Crippen molar-refractivity contribution in [3.8, 4) is 17.0 Å². The molecule has 0 saturated heterocycles. The van der Waals surface area contributed by atoms with E-state index in [0.717, 1.165) is 34.3 Å². The zero-order chi connectivity index (χ0) is 15.8. The maximum Gasteiger partial charge on any atom is 0.155 e. The molecule has 1 aliphatic heterocycles. The first-order chi connectivity index (χ1) is 11.2. The van der Waals surface area contributed by atoms with E-state index >= 15 is 0 Å². The third-order valence-corrected chi connectivity index (χ3v) is 3.96. The van der Waals surface area contributed by atoms with E-state index in [1.54, 1.807) is 18.3 Å². The number of allylic oxidation sites excluding steroid dienone is 1. The van der Waals surface area contributed by atoms with Gasteiger partial charge < -0.3 is 10.8 Å². The summed E-state index contributed by atoms with van der Waals surface area (Å²) >= 11 is 0. The average molecular weight is 305 g/mol. The highest BCUT2D eigenvalue weighted by molar-refractivity contribution is 6.00. The van der Waals surface area contributed by atoms with E-state index in [9.17, 15) is 5.11 Å². The Kier molecular flexibility index (Phi) is 3.08. The van der Waals surface area contributed by atoms with Crippen molar-refractivity contribution < 1.29 is 5.11 Å². The molecule has 114 valence electrons. The number of aromatic nitrogens is 3. The molecule has 0 spiro atoms. The lowest BCUT2D eigenvalue weighted by Gasteiger charge is -2.14. The predicted molar refractivity (Wildman–Crippen MR) is 90.4 cm³/mol. The number of aromatic hydroxyl groups is 1. The van der Waals surface area contributed by atoms with Gasteiger partial charge in [0, 0.05) is 23.9 Å². The van der Waals surface area contributed by atoms with Gasteiger partial charge in [-0.3, -0.25) is 15.1 Å². The number of aromatic amines is 1. The maximum absolute atomic E-state index is 9.50. The van der Waals surface area contributed by atoms with Crippen LogP contribution in [0.4, 0.5) is 5.82 Å². The van der Waals surface area contributed by atoms with Gasteiger partial charge in [0.2, 0.25) is 0 Å². The van der Waals surface area contributed by atoms with Crippen molar-refractivity contribution in [2.75, 3.05) is 5.73 Å². The van der Waals surface area contributed by atoms with E-state index in [1.165, 1.54) is 0 Å². The molecule has 1 unspecified atom stereocenters. The third kappa shape index (κ3) is 2.34. The molecule has 6 nitrogen and oxygen atoms in total. The largest absolute Gasteiger partial charge is 0.508 e. The monoisotopic (exact) mass is 305 g/mol. The Morgan fingerprint density at radius 1 is 1.22 bits per heavy atom. The van der Waals surface area contributed by atoms with E-state index in [1.807, 2.05) is 30.5 Å². The van der Waals surface area contributed by atoms with Gasteiger partial charge in [0.1, 0.15) is 5.75 Å². The van der Waals surface area contributed by atoms with Crippen LogP contribution in [0.15, 0.2) is 47.6 Å². The number of nitrogens with two attached hydrogens (primary N) is 1. The molecule has 1 aromatic carbocycles. The van der Waals surface area contributed by atoms with Crippen LogP contribution in [-0.4, -0.2) is 26.5 Å². The highest BCUT2D eigenvalue weighted by Crippen LogP contribution is 2.33. The fourth-order valence-corrected chi connectivity index (χ4v) is 2.79. The fraction of sp³-hybridized carbons (Fsp3) is 0.118. The standard InChI is InChI=1S/C17H15N5O/c18-17-15-14(21-22-17)8-13(11-2-1-7-19-9-11)20-16(15)10-3-5-12(23)6-4-10/h1,3-9,11,23H,2H2,(H3,18,21,22). The van der Waals surface area contributed by atoms with Gasteiger partial charge in [-0.05, 0) is 36.8 Å². The molecule has 0 radical (unpaired) electrons. The molecule has 0 fully saturated rings. The van der Waals surface area contributed by atoms with Crippen LogP contribution >= 0.6 is 0 Å². The minimum atomic E-state index is 0.129. The maximum atomic E-state index is 9.50. The fourth-order valence-electron chi connectivity index (χ4n) is 2.79. The Bertz CT molecular complexity index is 924. The van der Waals surface area contributed by atoms with Crippen LogP contribution in [0.1, 0.15) is 18.0 Å². The van der Waals surface area contributed by atoms with Crippen molar-refractivity contribution in [2.24, 2.45) is 4.99 Å². The number of fused-ring (bicyclic) bond motifs is 1. The molecule has 3 heterocycles. The van der Waals surface area contributed by atoms with E-state index in [-0.39, 0.29) is 11.7 Å². The first-order valence-corrected chi connectivity index (χ1v) is 7.34. The predicted octanol–water partition coefficient (Wildman–Crippen LogP) is 2.98. The van der Waals surface area contributed by atoms with Crippen molar-refractivity contribution in [1.29, 1.82) is 0 Å². The topological polar surface area (TPSA) is 100 Å². The van der Waals surface area contributed by atoms with Crippen molar-refractivity contribution in [3.63, 3.8) is 0 Å². The molecule has 1 aliphatic rings. The highest BCUT2D eigenvalue weighted by Gasteiger charge is 2.18. The van der Waals surface area contributed by atoms with Gasteiger partial charge in [0.05, 0.1) is 22.3 Å². The second-order valence-electron chi connectivity index (χ2n) is 5.50. The van der Waals surface area contributed by atoms with E-state index in [2.05, 4.69) is 15.2 Å². The summed E-state index contributed by atoms with van der Waals surface area (Å²) in [6.07, 6.45) is 6.58. The van der Waals surface area contributed by atoms with Gasteiger partial charge in [0.25, 0.3) is 0 Å². The Balaban J connectivity index is 1.93. The molecule has 4 rings (SSSR count). The van der Waals surface area contributed by atoms with Crippen molar-refractivity contribution in [3.05, 3.63) is 48.3 Å². The van der Waals surface area contributed by atoms with Crippen LogP contribution in [0.25, 0.3) is 22.2 Å². The van der Waals surface area contributed by atoms with Crippen molar-refractivity contribution >= 4 is 22.9 Å². The number of hydrogen-bond donors (Lipinski definition) is 3. The molecule has 1 atom stereocenters. The van der Waals surface area contributed by atoms with Gasteiger partial charge in [-0.25, -0.2) is 0 Å². The SMILES string of the molecule is Nc1n[nH]c2cc(C3C=NC=CC3)nc(-c3ccc(O)cc3)c12. The summed E-state index contributed by atoms with van der Waals surface area (Å²) < 4.78 is 0. The van der Waals surface area contributed by atoms with Crippen molar-refractivity contribution in [1.82, 2.24) is 15.2 Å². The second kappa shape index (κ2) is 5.24. The molecular formula is C17H15N5O. The number of H-pyrrole nitrogens is 1. The number of aliphatic imine (C=N–C) groups is 1. The van der Waals surface area contributed by atoms with Crippen molar-refractivity contribution in [2.45, 2.75) is 12.3 Å². The smallest absolute Gasteiger partial charge is 0.155 e. The normalized spacial score (nSPS) is 17.0. The van der Waals surface area contributed by atoms with Crippen LogP contribution in [0.2, 0.25) is 0 Å². The Morgan fingerprint density at radius 3 is 2.78 bits per heavy atom. The quantitative estimate of drug-likeness (QED) is 0.677. The van der Waals surface area contributed by atoms with E-state index in [0.29, 0.717) is 5.82 Å². The lowest BCUT2D eigenvalue weighted by molar-refractivity contribution is 0.475. The molecule has 0 bridgehead atoms. The average Bonchev–Trinajstić information content (AvgIpc) is 2.97. The van der Waals surface area contributed by atoms with Gasteiger partial charge in [-0.2, -0.15) is 5.10 Å². The molecular weight excluding hydrogens is 290 g/mol. The number of rotatable bonds is 2. The molecule has 4 N–H and O–H groups in total. The number of benzene rings is 1. The lowest BCUT2D eigenvalue weighted by Crippen LogP contribution is -2.05. The summed E-state index contributed by atoms with van der Waals surface area (Å²) in [4.78, 5) is 9.02. The second-order valence-corrected chi connectivity index (χ2v) is 5.50. The molecule has 3 aromatic rings. The van der Waals surface area contributed by atoms with Crippen LogP contribution in [0, 0.1) is 0 Å². The molecule has 23 heavy (non-hydrogen) atoms. The van der Waals surface area contributed by atoms with Crippen LogP contribution in [0.3, 0.4) is 0 Å². The summed E-state index contributed by atoms with van der Waals surface area (Å²) in [5, 5.41) is 17.4. The third-order valence-electron chi connectivity index (χ3n) is 3.96. The molecule has 6 heteroatoms. The van der Waals surface area contributed by atoms with Gasteiger partial charge in [0.15, 0.2) is 5.82 Å². The Hall–Kier alpha value is -3.15. The van der Waals surface area contributed by atoms with Crippen LogP contribution in [-0.2, 0) is 0 Å². The molecule has 0 amide bonds. The number of phenolic OH excluding ortho intramolecular Hbond substituents is 1. The molecule has 0 aliphatic carbocycles. The number of nitrogens with zero attached hydrogens (tertiary/aromatic N) is 3. The minimum absolute atomic E-state index is 0.129. The summed E-state index contributed by atoms with van der Waals surface area (Å²) in [6.45, 7) is 0. The highest BCUT2D eigenvalue weighted by atomic mass is 16.3. The Labute approximate surface area is 132 Å². The number of hydrogen-bond acceptors (Lipinski definition) is 5. The summed E-state index contributed by atoms with van der Waals surface area (Å²) in [5.41, 5.74) is 9.40. The number of nitrogens with one attached hydrogen (secondary N) is 1. The van der Waals surface area contributed by atoms with Gasteiger partial charge >= 0.3 is 0 Å². The zero-order valence-corrected chi connectivity index (χ0v) is 12.3. The number of pyridine rings is 1. The number of nitrogen functional groups attached to an aromatic ring is 1. The number of anilines is 1. The summed E-state index contributed by atoms with van der Waals surface area (Å²) in [7, 11) is 0. The summed E-state index contributed by atoms with van der Waals surface area (Å²) in [6, 6.07) is 8.88. The molecule has 0 saturated carbocycles. The van der Waals surface area contributed by atoms with Crippen LogP contribution < -0.4 is 5.73 Å². The Morgan fingerprint density at radius 2 is 2.04 bits per heavy atom.